The second-order valence-corrected chi connectivity index (χ2v) is 15.4. The van der Waals surface area contributed by atoms with Crippen LogP contribution in [-0.2, 0) is 9.47 Å². The van der Waals surface area contributed by atoms with Crippen molar-refractivity contribution in [2.75, 3.05) is 0 Å². The van der Waals surface area contributed by atoms with E-state index in [9.17, 15) is 10.2 Å². The summed E-state index contributed by atoms with van der Waals surface area (Å²) in [5.74, 6) is 0. The summed E-state index contributed by atoms with van der Waals surface area (Å²) in [4.78, 5) is 0. The van der Waals surface area contributed by atoms with Gasteiger partial charge in [-0.3, -0.25) is 0 Å². The topological polar surface area (TPSA) is 65.5 Å². The quantitative estimate of drug-likeness (QED) is 0.194. The van der Waals surface area contributed by atoms with Crippen LogP contribution in [-0.4, -0.2) is 44.8 Å². The van der Waals surface area contributed by atoms with Crippen LogP contribution in [0.1, 0.15) is 94.9 Å². The molecule has 0 bridgehead atoms. The van der Waals surface area contributed by atoms with Crippen LogP contribution < -0.4 is 0 Å². The highest BCUT2D eigenvalue weighted by Gasteiger charge is 2.75. The lowest BCUT2D eigenvalue weighted by atomic mass is 9.63. The minimum Gasteiger partial charge on any atom is -0.393 e. The van der Waals surface area contributed by atoms with E-state index in [4.69, 9.17) is 9.47 Å². The smallest absolute Gasteiger partial charge is 0.121 e. The molecule has 2 aliphatic heterocycles. The Hall–Kier alpha value is -2.50. The Bertz CT molecular complexity index is 1270. The molecule has 6 atom stereocenters. The third kappa shape index (κ3) is 6.84. The van der Waals surface area contributed by atoms with Gasteiger partial charge in [0, 0.05) is 23.7 Å². The van der Waals surface area contributed by atoms with E-state index in [0.717, 1.165) is 12.8 Å². The largest absolute Gasteiger partial charge is 0.393 e. The number of rotatable bonds is 10. The van der Waals surface area contributed by atoms with Crippen molar-refractivity contribution in [2.45, 2.75) is 130 Å². The minimum atomic E-state index is -0.294. The Morgan fingerprint density at radius 3 is 1.16 bits per heavy atom. The molecule has 2 unspecified atom stereocenters. The van der Waals surface area contributed by atoms with Gasteiger partial charge in [0.1, 0.15) is 22.4 Å². The summed E-state index contributed by atoms with van der Waals surface area (Å²) in [5.41, 5.74) is 3.36. The van der Waals surface area contributed by atoms with Gasteiger partial charge in [-0.2, -0.15) is 0 Å². The van der Waals surface area contributed by atoms with Crippen LogP contribution in [0.5, 0.6) is 0 Å². The van der Waals surface area contributed by atoms with E-state index >= 15 is 0 Å². The first kappa shape index (κ1) is 34.4. The lowest BCUT2D eigenvalue weighted by molar-refractivity contribution is 0.0510. The standard InChI is InChI=1S/C40H56O4/c1-29(17-13-19-31(3)21-23-39-35(5,6)25-33(41)27-37(39,9)43-39)15-11-12-16-30(2)18-14-20-32(4)22-24-40-36(7,8)26-34(42)28-38(40,10)44-40/h11-24,33-34,41-42H,25-28H2,1-10H3/b12-11+,17-13+,18-14+,23-21+,24-22+,29-15+,30-16+,31-19+,32-20+/t33-,34-,37?,38?,39-,40-/m0/s1. The van der Waals surface area contributed by atoms with Crippen molar-refractivity contribution in [3.8, 4) is 0 Å². The van der Waals surface area contributed by atoms with E-state index in [-0.39, 0.29) is 45.4 Å². The normalized spacial score (nSPS) is 39.2. The molecule has 4 fully saturated rings. The molecule has 0 amide bonds. The summed E-state index contributed by atoms with van der Waals surface area (Å²) in [6.07, 6.45) is 32.0. The van der Waals surface area contributed by atoms with E-state index < -0.39 is 0 Å². The van der Waals surface area contributed by atoms with Crippen molar-refractivity contribution in [3.63, 3.8) is 0 Å². The van der Waals surface area contributed by atoms with Crippen molar-refractivity contribution in [1.29, 1.82) is 0 Å². The fraction of sp³-hybridized carbons (Fsp3) is 0.550. The van der Waals surface area contributed by atoms with Crippen LogP contribution >= 0.6 is 0 Å². The van der Waals surface area contributed by atoms with E-state index in [1.54, 1.807) is 0 Å². The first-order chi connectivity index (χ1) is 20.4. The van der Waals surface area contributed by atoms with Crippen LogP contribution in [0.3, 0.4) is 0 Å². The molecule has 2 saturated heterocycles. The number of hydrogen-bond acceptors (Lipinski definition) is 4. The highest BCUT2D eigenvalue weighted by atomic mass is 16.6. The Kier molecular flexibility index (Phi) is 9.66. The number of aliphatic hydroxyl groups excluding tert-OH is 2. The lowest BCUT2D eigenvalue weighted by Crippen LogP contribution is -2.46. The second-order valence-electron chi connectivity index (χ2n) is 15.4. The zero-order chi connectivity index (χ0) is 32.6. The van der Waals surface area contributed by atoms with E-state index in [0.29, 0.717) is 12.8 Å². The molecule has 2 saturated carbocycles. The van der Waals surface area contributed by atoms with Gasteiger partial charge in [0.15, 0.2) is 0 Å². The predicted octanol–water partition coefficient (Wildman–Crippen LogP) is 8.97. The zero-order valence-corrected chi connectivity index (χ0v) is 28.8. The fourth-order valence-corrected chi connectivity index (χ4v) is 7.99. The molecular formula is C40H56O4. The summed E-state index contributed by atoms with van der Waals surface area (Å²) >= 11 is 0. The van der Waals surface area contributed by atoms with E-state index in [2.05, 4.69) is 154 Å². The van der Waals surface area contributed by atoms with Crippen molar-refractivity contribution in [1.82, 2.24) is 0 Å². The van der Waals surface area contributed by atoms with Gasteiger partial charge in [0.2, 0.25) is 0 Å². The molecule has 4 nitrogen and oxygen atoms in total. The molecule has 240 valence electrons. The lowest BCUT2D eigenvalue weighted by Gasteiger charge is -2.39. The Labute approximate surface area is 267 Å². The zero-order valence-electron chi connectivity index (χ0n) is 28.8. The summed E-state index contributed by atoms with van der Waals surface area (Å²) in [5, 5.41) is 20.5. The molecule has 2 heterocycles. The summed E-state index contributed by atoms with van der Waals surface area (Å²) in [7, 11) is 0. The van der Waals surface area contributed by atoms with Gasteiger partial charge in [-0.1, -0.05) is 123 Å². The van der Waals surface area contributed by atoms with Gasteiger partial charge in [0.05, 0.1) is 12.2 Å². The van der Waals surface area contributed by atoms with Crippen LogP contribution in [0.15, 0.2) is 107 Å². The van der Waals surface area contributed by atoms with Crippen molar-refractivity contribution < 1.29 is 19.7 Å². The molecule has 0 aromatic rings. The van der Waals surface area contributed by atoms with Crippen LogP contribution in [0.4, 0.5) is 0 Å². The first-order valence-corrected chi connectivity index (χ1v) is 16.3. The fourth-order valence-electron chi connectivity index (χ4n) is 7.99. The molecule has 2 aliphatic carbocycles. The number of aliphatic hydroxyl groups is 2. The molecule has 0 radical (unpaired) electrons. The maximum absolute atomic E-state index is 10.3. The maximum atomic E-state index is 10.3. The molecule has 4 heteroatoms. The van der Waals surface area contributed by atoms with Gasteiger partial charge in [0.25, 0.3) is 0 Å². The second kappa shape index (κ2) is 12.4. The van der Waals surface area contributed by atoms with Gasteiger partial charge in [-0.05, 0) is 66.5 Å². The molecule has 4 aliphatic rings. The van der Waals surface area contributed by atoms with Crippen molar-refractivity contribution in [3.05, 3.63) is 107 Å². The molecule has 0 aromatic heterocycles. The Morgan fingerprint density at radius 1 is 0.500 bits per heavy atom. The molecule has 0 spiro atoms. The van der Waals surface area contributed by atoms with Gasteiger partial charge in [-0.15, -0.1) is 0 Å². The molecule has 0 aromatic carbocycles. The average Bonchev–Trinajstić information content (AvgIpc) is 3.73. The molecule has 44 heavy (non-hydrogen) atoms. The van der Waals surface area contributed by atoms with Crippen LogP contribution in [0.25, 0.3) is 0 Å². The number of hydrogen-bond donors (Lipinski definition) is 2. The average molecular weight is 601 g/mol. The Morgan fingerprint density at radius 2 is 0.818 bits per heavy atom. The number of ether oxygens (including phenoxy) is 2. The third-order valence-corrected chi connectivity index (χ3v) is 10.4. The van der Waals surface area contributed by atoms with E-state index in [1.165, 1.54) is 22.3 Å². The molecule has 4 rings (SSSR count). The van der Waals surface area contributed by atoms with Gasteiger partial charge in [-0.25, -0.2) is 0 Å². The summed E-state index contributed by atoms with van der Waals surface area (Å²) in [6.45, 7) is 21.4. The van der Waals surface area contributed by atoms with Gasteiger partial charge < -0.3 is 19.7 Å². The maximum Gasteiger partial charge on any atom is 0.121 e. The monoisotopic (exact) mass is 600 g/mol. The van der Waals surface area contributed by atoms with Gasteiger partial charge >= 0.3 is 0 Å². The van der Waals surface area contributed by atoms with Crippen molar-refractivity contribution >= 4 is 0 Å². The predicted molar refractivity (Wildman–Crippen MR) is 183 cm³/mol. The van der Waals surface area contributed by atoms with Crippen LogP contribution in [0, 0.1) is 10.8 Å². The Balaban J connectivity index is 1.25. The van der Waals surface area contributed by atoms with E-state index in [1.807, 2.05) is 0 Å². The highest BCUT2D eigenvalue weighted by molar-refractivity contribution is 5.38. The van der Waals surface area contributed by atoms with Crippen LogP contribution in [0.2, 0.25) is 0 Å². The molecular weight excluding hydrogens is 544 g/mol. The summed E-state index contributed by atoms with van der Waals surface area (Å²) in [6, 6.07) is 0. The molecule has 2 N–H and O–H groups in total. The van der Waals surface area contributed by atoms with Crippen molar-refractivity contribution in [2.24, 2.45) is 10.8 Å². The number of fused-ring (bicyclic) bond motifs is 2. The number of allylic oxidation sites excluding steroid dienone is 16. The highest BCUT2D eigenvalue weighted by Crippen LogP contribution is 2.67. The minimum absolute atomic E-state index is 0.0969. The third-order valence-electron chi connectivity index (χ3n) is 10.4. The SMILES string of the molecule is CC(/C=C/C=C(C)/C=C/[C@@]12OC1(C)C[C@@H](O)CC2(C)C)=C\C=C\C=C(C)\C=C\C=C(C)\C=C\[C@@]12OC1(C)C[C@@H](O)CC2(C)C. The first-order valence-electron chi connectivity index (χ1n) is 16.3. The number of epoxide rings is 2. The summed E-state index contributed by atoms with van der Waals surface area (Å²) < 4.78 is 12.5.